The van der Waals surface area contributed by atoms with Gasteiger partial charge in [0.15, 0.2) is 11.0 Å². The topological polar surface area (TPSA) is 88.9 Å². The molecule has 0 spiro atoms. The van der Waals surface area contributed by atoms with Gasteiger partial charge >= 0.3 is 0 Å². The second-order valence-electron chi connectivity index (χ2n) is 6.78. The van der Waals surface area contributed by atoms with Crippen molar-refractivity contribution in [2.24, 2.45) is 0 Å². The summed E-state index contributed by atoms with van der Waals surface area (Å²) in [5, 5.41) is 14.6. The molecule has 0 unspecified atom stereocenters. The first-order valence-electron chi connectivity index (χ1n) is 9.73. The van der Waals surface area contributed by atoms with Crippen molar-refractivity contribution in [3.8, 4) is 11.4 Å². The van der Waals surface area contributed by atoms with E-state index in [0.29, 0.717) is 11.7 Å². The van der Waals surface area contributed by atoms with Crippen LogP contribution in [0.3, 0.4) is 0 Å². The van der Waals surface area contributed by atoms with E-state index in [2.05, 4.69) is 20.8 Å². The van der Waals surface area contributed by atoms with Crippen molar-refractivity contribution >= 4 is 29.3 Å². The summed E-state index contributed by atoms with van der Waals surface area (Å²) in [4.78, 5) is 24.4. The van der Waals surface area contributed by atoms with Crippen LogP contribution in [0.5, 0.6) is 0 Å². The molecular formula is C22H25N5O2S. The predicted octanol–water partition coefficient (Wildman–Crippen LogP) is 3.43. The minimum absolute atomic E-state index is 0.0808. The van der Waals surface area contributed by atoms with Crippen molar-refractivity contribution in [1.29, 1.82) is 0 Å². The van der Waals surface area contributed by atoms with E-state index in [4.69, 9.17) is 0 Å². The molecule has 1 heterocycles. The molecule has 0 saturated heterocycles. The Morgan fingerprint density at radius 3 is 2.50 bits per heavy atom. The Labute approximate surface area is 180 Å². The van der Waals surface area contributed by atoms with Gasteiger partial charge in [-0.1, -0.05) is 54.2 Å². The summed E-state index contributed by atoms with van der Waals surface area (Å²) in [6.07, 6.45) is 0. The number of thioether (sulfide) groups is 1. The quantitative estimate of drug-likeness (QED) is 0.542. The highest BCUT2D eigenvalue weighted by molar-refractivity contribution is 7.99. The number of carbonyl (C=O) groups is 2. The van der Waals surface area contributed by atoms with E-state index in [1.165, 1.54) is 11.8 Å². The third-order valence-electron chi connectivity index (χ3n) is 4.72. The number of aryl methyl sites for hydroxylation is 1. The lowest BCUT2D eigenvalue weighted by Crippen LogP contribution is -2.34. The number of nitrogens with zero attached hydrogens (tertiary/aromatic N) is 3. The molecule has 2 aromatic carbocycles. The Balaban J connectivity index is 1.52. The SMILES string of the molecule is CCn1c(SCC(=O)NCC(=O)Nc2cccc(C)c2C)nnc1-c1ccccc1. The fourth-order valence-electron chi connectivity index (χ4n) is 2.92. The molecule has 156 valence electrons. The third-order valence-corrected chi connectivity index (χ3v) is 5.69. The van der Waals surface area contributed by atoms with E-state index in [-0.39, 0.29) is 24.1 Å². The largest absolute Gasteiger partial charge is 0.346 e. The van der Waals surface area contributed by atoms with Gasteiger partial charge in [-0.15, -0.1) is 10.2 Å². The molecule has 0 aliphatic heterocycles. The Kier molecular flexibility index (Phi) is 7.24. The van der Waals surface area contributed by atoms with Gasteiger partial charge in [-0.3, -0.25) is 9.59 Å². The average Bonchev–Trinajstić information content (AvgIpc) is 3.17. The van der Waals surface area contributed by atoms with Crippen LogP contribution >= 0.6 is 11.8 Å². The molecule has 0 fully saturated rings. The monoisotopic (exact) mass is 423 g/mol. The van der Waals surface area contributed by atoms with Crippen molar-refractivity contribution in [3.05, 3.63) is 59.7 Å². The van der Waals surface area contributed by atoms with E-state index in [1.807, 2.05) is 73.9 Å². The Bertz CT molecular complexity index is 1030. The standard InChI is InChI=1S/C22H25N5O2S/c1-4-27-21(17-10-6-5-7-11-17)25-26-22(27)30-14-20(29)23-13-19(28)24-18-12-8-9-15(2)16(18)3/h5-12H,4,13-14H2,1-3H3,(H,23,29)(H,24,28). The van der Waals surface area contributed by atoms with Gasteiger partial charge in [0.05, 0.1) is 12.3 Å². The van der Waals surface area contributed by atoms with Crippen molar-refractivity contribution in [1.82, 2.24) is 20.1 Å². The molecule has 3 rings (SSSR count). The fraction of sp³-hybridized carbons (Fsp3) is 0.273. The van der Waals surface area contributed by atoms with Crippen LogP contribution in [-0.2, 0) is 16.1 Å². The van der Waals surface area contributed by atoms with Crippen molar-refractivity contribution in [2.45, 2.75) is 32.5 Å². The highest BCUT2D eigenvalue weighted by atomic mass is 32.2. The second kappa shape index (κ2) is 10.1. The second-order valence-corrected chi connectivity index (χ2v) is 7.72. The number of amides is 2. The lowest BCUT2D eigenvalue weighted by molar-refractivity contribution is -0.122. The molecule has 7 nitrogen and oxygen atoms in total. The molecular weight excluding hydrogens is 398 g/mol. The molecule has 0 aliphatic rings. The molecule has 2 N–H and O–H groups in total. The van der Waals surface area contributed by atoms with Gasteiger partial charge in [0, 0.05) is 17.8 Å². The molecule has 0 aliphatic carbocycles. The van der Waals surface area contributed by atoms with Crippen molar-refractivity contribution < 1.29 is 9.59 Å². The number of anilines is 1. The Morgan fingerprint density at radius 2 is 1.77 bits per heavy atom. The van der Waals surface area contributed by atoms with Crippen molar-refractivity contribution in [3.63, 3.8) is 0 Å². The predicted molar refractivity (Wildman–Crippen MR) is 119 cm³/mol. The summed E-state index contributed by atoms with van der Waals surface area (Å²) in [7, 11) is 0. The number of hydrogen-bond acceptors (Lipinski definition) is 5. The summed E-state index contributed by atoms with van der Waals surface area (Å²) in [6.45, 7) is 6.56. The third kappa shape index (κ3) is 5.27. The van der Waals surface area contributed by atoms with Crippen LogP contribution in [0.15, 0.2) is 53.7 Å². The van der Waals surface area contributed by atoms with E-state index in [9.17, 15) is 9.59 Å². The number of nitrogens with one attached hydrogen (secondary N) is 2. The van der Waals surface area contributed by atoms with Gasteiger partial charge in [0.2, 0.25) is 11.8 Å². The molecule has 2 amide bonds. The first-order valence-corrected chi connectivity index (χ1v) is 10.7. The van der Waals surface area contributed by atoms with Crippen LogP contribution in [0.25, 0.3) is 11.4 Å². The van der Waals surface area contributed by atoms with Crippen LogP contribution < -0.4 is 10.6 Å². The zero-order chi connectivity index (χ0) is 21.5. The fourth-order valence-corrected chi connectivity index (χ4v) is 3.75. The maximum atomic E-state index is 12.2. The van der Waals surface area contributed by atoms with Gasteiger partial charge in [0.25, 0.3) is 0 Å². The van der Waals surface area contributed by atoms with Gasteiger partial charge in [-0.25, -0.2) is 0 Å². The van der Waals surface area contributed by atoms with Crippen LogP contribution in [-0.4, -0.2) is 38.9 Å². The van der Waals surface area contributed by atoms with Crippen LogP contribution in [0, 0.1) is 13.8 Å². The van der Waals surface area contributed by atoms with E-state index < -0.39 is 0 Å². The maximum Gasteiger partial charge on any atom is 0.243 e. The van der Waals surface area contributed by atoms with Gasteiger partial charge in [0.1, 0.15) is 0 Å². The lowest BCUT2D eigenvalue weighted by atomic mass is 10.1. The van der Waals surface area contributed by atoms with Gasteiger partial charge in [-0.05, 0) is 38.0 Å². The molecule has 0 saturated carbocycles. The molecule has 0 bridgehead atoms. The highest BCUT2D eigenvalue weighted by Crippen LogP contribution is 2.23. The maximum absolute atomic E-state index is 12.2. The smallest absolute Gasteiger partial charge is 0.243 e. The molecule has 0 atom stereocenters. The molecule has 0 radical (unpaired) electrons. The summed E-state index contributed by atoms with van der Waals surface area (Å²) in [5.41, 5.74) is 3.85. The average molecular weight is 424 g/mol. The molecule has 3 aromatic rings. The molecule has 30 heavy (non-hydrogen) atoms. The zero-order valence-electron chi connectivity index (χ0n) is 17.3. The number of rotatable bonds is 8. The minimum Gasteiger partial charge on any atom is -0.346 e. The molecule has 1 aromatic heterocycles. The number of hydrogen-bond donors (Lipinski definition) is 2. The van der Waals surface area contributed by atoms with E-state index >= 15 is 0 Å². The van der Waals surface area contributed by atoms with Crippen LogP contribution in [0.2, 0.25) is 0 Å². The van der Waals surface area contributed by atoms with Crippen LogP contribution in [0.4, 0.5) is 5.69 Å². The minimum atomic E-state index is -0.259. The summed E-state index contributed by atoms with van der Waals surface area (Å²) < 4.78 is 1.97. The van der Waals surface area contributed by atoms with Crippen LogP contribution in [0.1, 0.15) is 18.1 Å². The van der Waals surface area contributed by atoms with Gasteiger partial charge in [-0.2, -0.15) is 0 Å². The molecule has 8 heteroatoms. The highest BCUT2D eigenvalue weighted by Gasteiger charge is 2.15. The first-order chi connectivity index (χ1) is 14.5. The Morgan fingerprint density at radius 1 is 1.00 bits per heavy atom. The number of aromatic nitrogens is 3. The number of benzene rings is 2. The summed E-state index contributed by atoms with van der Waals surface area (Å²) >= 11 is 1.30. The first kappa shape index (κ1) is 21.6. The van der Waals surface area contributed by atoms with Crippen molar-refractivity contribution in [2.75, 3.05) is 17.6 Å². The zero-order valence-corrected chi connectivity index (χ0v) is 18.1. The normalized spacial score (nSPS) is 10.6. The van der Waals surface area contributed by atoms with E-state index in [1.54, 1.807) is 0 Å². The summed E-state index contributed by atoms with van der Waals surface area (Å²) in [6, 6.07) is 15.5. The lowest BCUT2D eigenvalue weighted by Gasteiger charge is -2.11. The van der Waals surface area contributed by atoms with Gasteiger partial charge < -0.3 is 15.2 Å². The number of carbonyl (C=O) groups excluding carboxylic acids is 2. The van der Waals surface area contributed by atoms with E-state index in [0.717, 1.165) is 28.2 Å². The Hall–Kier alpha value is -3.13. The summed E-state index contributed by atoms with van der Waals surface area (Å²) in [5.74, 6) is 0.436.